The molecule has 0 unspecified atom stereocenters. The van der Waals surface area contributed by atoms with Crippen LogP contribution in [0, 0.1) is 12.3 Å². The molecule has 0 saturated heterocycles. The summed E-state index contributed by atoms with van der Waals surface area (Å²) < 4.78 is 0. The molecular formula is C66H48N4. The van der Waals surface area contributed by atoms with Crippen LogP contribution in [0.15, 0.2) is 266 Å². The van der Waals surface area contributed by atoms with Gasteiger partial charge in [-0.15, -0.1) is 0 Å². The fraction of sp³-hybridized carbons (Fsp3) is 0.0152. The number of aryl methyl sites for hydroxylation is 1. The Hall–Kier alpha value is -9.25. The summed E-state index contributed by atoms with van der Waals surface area (Å²) in [6.07, 6.45) is 9.56. The van der Waals surface area contributed by atoms with Crippen LogP contribution in [0.3, 0.4) is 0 Å². The van der Waals surface area contributed by atoms with Gasteiger partial charge < -0.3 is 0 Å². The topological polar surface area (TPSA) is 61.1 Å². The Kier molecular flexibility index (Phi) is 12.1. The molecule has 2 N–H and O–H groups in total. The van der Waals surface area contributed by atoms with Crippen molar-refractivity contribution in [2.24, 2.45) is 5.10 Å². The van der Waals surface area contributed by atoms with Crippen LogP contribution in [0.4, 0.5) is 5.69 Å². The molecule has 70 heavy (non-hydrogen) atoms. The predicted octanol–water partition coefficient (Wildman–Crippen LogP) is 17.4. The lowest BCUT2D eigenvalue weighted by Crippen LogP contribution is -2.13. The van der Waals surface area contributed by atoms with Crippen LogP contribution in [-0.4, -0.2) is 16.4 Å². The average Bonchev–Trinajstić information content (AvgIpc) is 3.40. The molecule has 0 spiro atoms. The van der Waals surface area contributed by atoms with E-state index in [1.54, 1.807) is 6.20 Å². The van der Waals surface area contributed by atoms with Crippen molar-refractivity contribution in [2.45, 2.75) is 6.92 Å². The Labute approximate surface area is 408 Å². The monoisotopic (exact) mass is 896 g/mol. The Morgan fingerprint density at radius 1 is 0.414 bits per heavy atom. The summed E-state index contributed by atoms with van der Waals surface area (Å²) >= 11 is 0. The van der Waals surface area contributed by atoms with Gasteiger partial charge in [0.1, 0.15) is 5.71 Å². The predicted molar refractivity (Wildman–Crippen MR) is 298 cm³/mol. The number of rotatable bonds is 7. The van der Waals surface area contributed by atoms with Gasteiger partial charge in [0.25, 0.3) is 0 Å². The molecule has 11 rings (SSSR count). The van der Waals surface area contributed by atoms with Crippen molar-refractivity contribution in [3.8, 4) is 44.5 Å². The van der Waals surface area contributed by atoms with Crippen molar-refractivity contribution < 1.29 is 0 Å². The number of nitrogens with zero attached hydrogens (tertiary/aromatic N) is 2. The fourth-order valence-corrected chi connectivity index (χ4v) is 9.50. The van der Waals surface area contributed by atoms with E-state index in [0.29, 0.717) is 11.4 Å². The second kappa shape index (κ2) is 19.5. The lowest BCUT2D eigenvalue weighted by molar-refractivity contribution is 1.34. The van der Waals surface area contributed by atoms with E-state index in [1.165, 1.54) is 65.3 Å². The second-order valence-corrected chi connectivity index (χ2v) is 17.5. The Bertz CT molecular complexity index is 3870. The number of nitrogens with one attached hydrogen (secondary N) is 2. The summed E-state index contributed by atoms with van der Waals surface area (Å²) in [6.45, 7) is 2.13. The second-order valence-electron chi connectivity index (χ2n) is 17.5. The zero-order chi connectivity index (χ0) is 47.2. The zero-order valence-electron chi connectivity index (χ0n) is 38.7. The summed E-state index contributed by atoms with van der Waals surface area (Å²) in [7, 11) is 0. The van der Waals surface area contributed by atoms with Crippen LogP contribution in [-0.2, 0) is 0 Å². The van der Waals surface area contributed by atoms with Crippen molar-refractivity contribution in [1.82, 2.24) is 4.98 Å². The fourth-order valence-electron chi connectivity index (χ4n) is 9.50. The van der Waals surface area contributed by atoms with Gasteiger partial charge in [0.15, 0.2) is 0 Å². The van der Waals surface area contributed by atoms with Gasteiger partial charge in [-0.1, -0.05) is 200 Å². The molecule has 0 fully saturated rings. The number of aromatic nitrogens is 1. The minimum absolute atomic E-state index is 0.339. The van der Waals surface area contributed by atoms with E-state index in [4.69, 9.17) is 10.5 Å². The minimum atomic E-state index is 0.339. The van der Waals surface area contributed by atoms with E-state index in [2.05, 4.69) is 205 Å². The van der Waals surface area contributed by atoms with Crippen molar-refractivity contribution in [3.63, 3.8) is 0 Å². The Morgan fingerprint density at radius 2 is 0.957 bits per heavy atom. The average molecular weight is 897 g/mol. The first-order chi connectivity index (χ1) is 34.5. The first-order valence-electron chi connectivity index (χ1n) is 23.6. The van der Waals surface area contributed by atoms with Crippen molar-refractivity contribution in [2.75, 3.05) is 5.43 Å². The summed E-state index contributed by atoms with van der Waals surface area (Å²) in [5, 5.41) is 23.4. The maximum absolute atomic E-state index is 8.92. The molecule has 9 aromatic carbocycles. The minimum Gasteiger partial charge on any atom is -0.299 e. The van der Waals surface area contributed by atoms with E-state index >= 15 is 0 Å². The largest absolute Gasteiger partial charge is 0.299 e. The molecule has 1 aliphatic rings. The molecule has 0 bridgehead atoms. The number of hydrogen-bond donors (Lipinski definition) is 2. The van der Waals surface area contributed by atoms with Gasteiger partial charge in [-0.3, -0.25) is 15.8 Å². The number of hydrogen-bond acceptors (Lipinski definition) is 4. The normalized spacial score (nSPS) is 12.7. The molecule has 1 aromatic heterocycles. The molecule has 4 heteroatoms. The maximum atomic E-state index is 8.92. The molecule has 10 aromatic rings. The van der Waals surface area contributed by atoms with Gasteiger partial charge in [0.2, 0.25) is 0 Å². The molecular weight excluding hydrogens is 849 g/mol. The summed E-state index contributed by atoms with van der Waals surface area (Å²) in [5.74, 6) is 0. The number of fused-ring (bicyclic) bond motifs is 4. The van der Waals surface area contributed by atoms with Gasteiger partial charge in [-0.2, -0.15) is 5.10 Å². The van der Waals surface area contributed by atoms with Gasteiger partial charge in [-0.05, 0) is 160 Å². The van der Waals surface area contributed by atoms with Gasteiger partial charge in [-0.25, -0.2) is 0 Å². The molecule has 0 saturated carbocycles. The molecule has 1 aliphatic carbocycles. The zero-order valence-corrected chi connectivity index (χ0v) is 38.7. The Balaban J connectivity index is 0.960. The molecule has 332 valence electrons. The van der Waals surface area contributed by atoms with Crippen LogP contribution in [0.2, 0.25) is 0 Å². The molecule has 0 aliphatic heterocycles. The number of anilines is 1. The van der Waals surface area contributed by atoms with Gasteiger partial charge in [0.05, 0.1) is 11.4 Å². The van der Waals surface area contributed by atoms with E-state index in [0.717, 1.165) is 44.6 Å². The quantitative estimate of drug-likeness (QED) is 0.0951. The van der Waals surface area contributed by atoms with Crippen molar-refractivity contribution >= 4 is 65.8 Å². The first kappa shape index (κ1) is 43.3. The molecule has 0 radical (unpaired) electrons. The van der Waals surface area contributed by atoms with Gasteiger partial charge >= 0.3 is 0 Å². The van der Waals surface area contributed by atoms with Gasteiger partial charge in [0, 0.05) is 12.4 Å². The van der Waals surface area contributed by atoms with Crippen molar-refractivity contribution in [1.29, 1.82) is 5.41 Å². The summed E-state index contributed by atoms with van der Waals surface area (Å²) in [4.78, 5) is 4.50. The van der Waals surface area contributed by atoms with E-state index in [1.807, 2.05) is 66.9 Å². The number of benzene rings is 8. The molecule has 0 atom stereocenters. The summed E-state index contributed by atoms with van der Waals surface area (Å²) in [6, 6.07) is 81.5. The van der Waals surface area contributed by atoms with Crippen molar-refractivity contribution in [3.05, 3.63) is 272 Å². The third-order valence-electron chi connectivity index (χ3n) is 13.1. The van der Waals surface area contributed by atoms with E-state index < -0.39 is 0 Å². The smallest absolute Gasteiger partial charge is 0.109 e. The number of allylic oxidation sites excluding steroid dienone is 4. The maximum Gasteiger partial charge on any atom is 0.109 e. The molecule has 4 nitrogen and oxygen atoms in total. The SMILES string of the molecule is Cc1cccccc(-c2cccccccnc2)ccc1-c1ccc(N/N=C2/C=C(c3ccc4c(-c5ccc6ccccc6c5)c5ccccc5c(-c5ccc6ccccc6c5)c4c3)C=CC2=N)cc1. The highest BCUT2D eigenvalue weighted by Gasteiger charge is 2.19. The molecule has 0 amide bonds. The lowest BCUT2D eigenvalue weighted by Gasteiger charge is -2.20. The van der Waals surface area contributed by atoms with Crippen LogP contribution in [0.1, 0.15) is 11.1 Å². The highest BCUT2D eigenvalue weighted by molar-refractivity contribution is 6.51. The highest BCUT2D eigenvalue weighted by Crippen LogP contribution is 2.45. The van der Waals surface area contributed by atoms with E-state index in [9.17, 15) is 0 Å². The van der Waals surface area contributed by atoms with Crippen LogP contribution in [0.5, 0.6) is 0 Å². The van der Waals surface area contributed by atoms with Crippen LogP contribution >= 0.6 is 0 Å². The number of hydrazone groups is 1. The highest BCUT2D eigenvalue weighted by atomic mass is 15.3. The van der Waals surface area contributed by atoms with Crippen LogP contribution < -0.4 is 5.43 Å². The third kappa shape index (κ3) is 8.98. The summed E-state index contributed by atoms with van der Waals surface area (Å²) in [5.41, 5.74) is 17.2. The first-order valence-corrected chi connectivity index (χ1v) is 23.6. The third-order valence-corrected chi connectivity index (χ3v) is 13.1. The van der Waals surface area contributed by atoms with Crippen LogP contribution in [0.25, 0.3) is 93.2 Å². The standard InChI is InChI=1S/C66H48N4/c1-45-16-6-5-8-17-48(56-22-7-3-2-4-15-39-68-44-56)31-36-58(45)49-29-34-57(35-30-49)69-70-64-43-53(33-38-63(64)67)52-32-37-61-62(42-52)66(55-28-26-47-19-10-12-21-51(47)41-55)60-24-14-13-23-59(60)65(61)54-27-25-46-18-9-11-20-50(46)40-54/h2-44,67,69H,1H3/b3-2?,4-2?,6-5?,7-3?,8-5?,15-4?,16-6?,17-8?,22-7?,36-31?,39-15?,45-16?,48-17?,48-31?,56-22?,56-44?,58-36?,58-45?,67-63?,68-39?,68-44?,70-64-. The molecule has 1 heterocycles. The Morgan fingerprint density at radius 3 is 1.69 bits per heavy atom. The van der Waals surface area contributed by atoms with E-state index in [-0.39, 0.29) is 0 Å². The lowest BCUT2D eigenvalue weighted by atomic mass is 9.84.